The Bertz CT molecular complexity index is 2130. The van der Waals surface area contributed by atoms with Gasteiger partial charge in [0.1, 0.15) is 18.4 Å². The summed E-state index contributed by atoms with van der Waals surface area (Å²) in [7, 11) is 0. The smallest absolute Gasteiger partial charge is 0.258 e. The number of aromatic nitrogens is 1. The Kier molecular flexibility index (Phi) is 10.3. The van der Waals surface area contributed by atoms with E-state index in [0.717, 1.165) is 83.7 Å². The normalized spacial score (nSPS) is 17.2. The van der Waals surface area contributed by atoms with E-state index >= 15 is 0 Å². The minimum absolute atomic E-state index is 0.132. The lowest BCUT2D eigenvalue weighted by Gasteiger charge is -2.29. The minimum Gasteiger partial charge on any atom is -0.372 e. The topological polar surface area (TPSA) is 138 Å². The van der Waals surface area contributed by atoms with Gasteiger partial charge in [-0.3, -0.25) is 24.5 Å². The number of unbranched alkanes of at least 4 members (excludes halogenated alkanes) is 2. The predicted octanol–water partition coefficient (Wildman–Crippen LogP) is 6.90. The van der Waals surface area contributed by atoms with E-state index in [1.54, 1.807) is 18.2 Å². The lowest BCUT2D eigenvalue weighted by atomic mass is 10.00. The van der Waals surface area contributed by atoms with Gasteiger partial charge in [-0.2, -0.15) is 0 Å². The molecule has 2 fully saturated rings. The molecule has 1 saturated carbocycles. The van der Waals surface area contributed by atoms with Crippen molar-refractivity contribution in [2.24, 2.45) is 0 Å². The molecule has 4 aromatic rings. The Morgan fingerprint density at radius 1 is 1.07 bits per heavy atom. The van der Waals surface area contributed by atoms with Crippen molar-refractivity contribution in [1.82, 2.24) is 15.4 Å². The standard InChI is InChI=1S/C42H44N6O6/c1-26-11-12-29(39-27(2)46-54-28(39)3)23-36(26)47(31-15-13-30(14-16-31)42(43-4)19-20-42)21-6-5-7-22-53-25-38(50)44-34-10-8-9-32-33(34)24-48(41(32)52)35-17-18-37(49)45-40(35)51/h8-16,23,35H,5-7,17-22,24-25H2,1-3H3,(H,44,50)(H,45,49,51). The highest BCUT2D eigenvalue weighted by Crippen LogP contribution is 2.50. The van der Waals surface area contributed by atoms with Crippen molar-refractivity contribution in [3.05, 3.63) is 106 Å². The summed E-state index contributed by atoms with van der Waals surface area (Å²) in [4.78, 5) is 57.8. The molecule has 1 aromatic heterocycles. The highest BCUT2D eigenvalue weighted by molar-refractivity contribution is 6.06. The zero-order valence-corrected chi connectivity index (χ0v) is 30.9. The number of anilines is 3. The maximum absolute atomic E-state index is 13.1. The molecular weight excluding hydrogens is 684 g/mol. The third-order valence-corrected chi connectivity index (χ3v) is 10.7. The number of aryl methyl sites for hydroxylation is 3. The monoisotopic (exact) mass is 728 g/mol. The van der Waals surface area contributed by atoms with Crippen LogP contribution in [0.3, 0.4) is 0 Å². The number of hydrogen-bond donors (Lipinski definition) is 2. The number of amides is 4. The van der Waals surface area contributed by atoms with Crippen molar-refractivity contribution >= 4 is 40.7 Å². The maximum Gasteiger partial charge on any atom is 0.258 e. The van der Waals surface area contributed by atoms with Crippen molar-refractivity contribution in [2.45, 2.75) is 83.8 Å². The van der Waals surface area contributed by atoms with Gasteiger partial charge in [0.05, 0.1) is 5.69 Å². The summed E-state index contributed by atoms with van der Waals surface area (Å²) >= 11 is 0. The average Bonchev–Trinajstić information content (AvgIpc) is 3.80. The number of nitrogens with one attached hydrogen (secondary N) is 2. The fourth-order valence-corrected chi connectivity index (χ4v) is 7.58. The summed E-state index contributed by atoms with van der Waals surface area (Å²) in [6.45, 7) is 14.9. The van der Waals surface area contributed by atoms with E-state index in [1.165, 1.54) is 4.90 Å². The summed E-state index contributed by atoms with van der Waals surface area (Å²) in [5.74, 6) is -0.663. The number of piperidine rings is 1. The van der Waals surface area contributed by atoms with Gasteiger partial charge >= 0.3 is 0 Å². The second kappa shape index (κ2) is 15.3. The third kappa shape index (κ3) is 7.37. The molecule has 7 rings (SSSR count). The van der Waals surface area contributed by atoms with E-state index in [1.807, 2.05) is 13.8 Å². The van der Waals surface area contributed by atoms with Crippen molar-refractivity contribution < 1.29 is 28.4 Å². The van der Waals surface area contributed by atoms with E-state index in [2.05, 4.69) is 74.9 Å². The largest absolute Gasteiger partial charge is 0.372 e. The molecule has 54 heavy (non-hydrogen) atoms. The Labute approximate surface area is 314 Å². The van der Waals surface area contributed by atoms with Gasteiger partial charge < -0.3 is 29.2 Å². The predicted molar refractivity (Wildman–Crippen MR) is 203 cm³/mol. The summed E-state index contributed by atoms with van der Waals surface area (Å²) in [5, 5.41) is 9.35. The number of fused-ring (bicyclic) bond motifs is 1. The quantitative estimate of drug-likeness (QED) is 0.0813. The van der Waals surface area contributed by atoms with Gasteiger partial charge in [-0.15, -0.1) is 0 Å². The molecule has 2 aliphatic heterocycles. The molecule has 1 aliphatic carbocycles. The number of carbonyl (C=O) groups excluding carboxylic acids is 4. The fourth-order valence-electron chi connectivity index (χ4n) is 7.58. The Morgan fingerprint density at radius 3 is 2.57 bits per heavy atom. The molecule has 0 bridgehead atoms. The lowest BCUT2D eigenvalue weighted by Crippen LogP contribution is -2.52. The average molecular weight is 729 g/mol. The second-order valence-corrected chi connectivity index (χ2v) is 14.4. The number of nitrogens with zero attached hydrogens (tertiary/aromatic N) is 4. The maximum atomic E-state index is 13.1. The van der Waals surface area contributed by atoms with Crippen molar-refractivity contribution in [3.63, 3.8) is 0 Å². The van der Waals surface area contributed by atoms with Crippen LogP contribution in [0.2, 0.25) is 0 Å². The van der Waals surface area contributed by atoms with Gasteiger partial charge in [0.2, 0.25) is 17.7 Å². The van der Waals surface area contributed by atoms with Crippen LogP contribution in [-0.2, 0) is 31.2 Å². The van der Waals surface area contributed by atoms with Gasteiger partial charge in [-0.25, -0.2) is 6.57 Å². The number of rotatable bonds is 14. The van der Waals surface area contributed by atoms with Crippen molar-refractivity contribution in [3.8, 4) is 11.1 Å². The fraction of sp³-hybridized carbons (Fsp3) is 0.381. The number of imide groups is 1. The van der Waals surface area contributed by atoms with Gasteiger partial charge in [0.15, 0.2) is 0 Å². The zero-order valence-electron chi connectivity index (χ0n) is 30.9. The highest BCUT2D eigenvalue weighted by Gasteiger charge is 2.52. The van der Waals surface area contributed by atoms with Crippen molar-refractivity contribution in [1.29, 1.82) is 0 Å². The van der Waals surface area contributed by atoms with E-state index < -0.39 is 11.9 Å². The molecule has 1 saturated heterocycles. The molecule has 3 aliphatic rings. The van der Waals surface area contributed by atoms with Crippen LogP contribution in [0.1, 0.15) is 83.4 Å². The number of ether oxygens (including phenoxy) is 1. The lowest BCUT2D eigenvalue weighted by molar-refractivity contribution is -0.137. The molecule has 12 heteroatoms. The van der Waals surface area contributed by atoms with E-state index in [-0.39, 0.29) is 49.3 Å². The van der Waals surface area contributed by atoms with Gasteiger partial charge in [0.25, 0.3) is 11.4 Å². The molecule has 278 valence electrons. The summed E-state index contributed by atoms with van der Waals surface area (Å²) in [6.07, 6.45) is 4.78. The first-order valence-corrected chi connectivity index (χ1v) is 18.5. The van der Waals surface area contributed by atoms with E-state index in [4.69, 9.17) is 15.8 Å². The molecular formula is C42H44N6O6. The van der Waals surface area contributed by atoms with Crippen LogP contribution in [0, 0.1) is 27.3 Å². The number of hydrogen-bond acceptors (Lipinski definition) is 8. The zero-order chi connectivity index (χ0) is 38.0. The molecule has 4 amide bonds. The first-order valence-electron chi connectivity index (χ1n) is 18.5. The molecule has 0 radical (unpaired) electrons. The Morgan fingerprint density at radius 2 is 1.87 bits per heavy atom. The third-order valence-electron chi connectivity index (χ3n) is 10.7. The minimum atomic E-state index is -0.727. The van der Waals surface area contributed by atoms with Crippen LogP contribution in [0.5, 0.6) is 0 Å². The van der Waals surface area contributed by atoms with Crippen LogP contribution < -0.4 is 15.5 Å². The van der Waals surface area contributed by atoms with Crippen LogP contribution in [0.25, 0.3) is 16.0 Å². The van der Waals surface area contributed by atoms with E-state index in [0.29, 0.717) is 23.4 Å². The molecule has 3 heterocycles. The summed E-state index contributed by atoms with van der Waals surface area (Å²) in [5.41, 5.74) is 8.47. The SMILES string of the molecule is [C-]#[N+]C1(c2ccc(N(CCCCCOCC(=O)Nc3cccc4c3CN(C3CCC(=O)NC3=O)C4=O)c3cc(-c4c(C)noc4C)ccc3C)cc2)CC1. The molecule has 0 spiro atoms. The summed E-state index contributed by atoms with van der Waals surface area (Å²) in [6, 6.07) is 19.2. The van der Waals surface area contributed by atoms with Crippen LogP contribution in [0.15, 0.2) is 65.2 Å². The molecule has 1 unspecified atom stereocenters. The molecule has 2 N–H and O–H groups in total. The highest BCUT2D eigenvalue weighted by atomic mass is 16.5. The molecule has 3 aromatic carbocycles. The first kappa shape index (κ1) is 36.6. The number of carbonyl (C=O) groups is 4. The Hall–Kier alpha value is -5.80. The first-order chi connectivity index (χ1) is 26.1. The van der Waals surface area contributed by atoms with E-state index in [9.17, 15) is 19.2 Å². The van der Waals surface area contributed by atoms with Crippen molar-refractivity contribution in [2.75, 3.05) is 30.0 Å². The van der Waals surface area contributed by atoms with Crippen LogP contribution >= 0.6 is 0 Å². The van der Waals surface area contributed by atoms with Gasteiger partial charge in [-0.05, 0) is 100 Å². The number of benzene rings is 3. The van der Waals surface area contributed by atoms with Crippen LogP contribution in [0.4, 0.5) is 17.1 Å². The summed E-state index contributed by atoms with van der Waals surface area (Å²) < 4.78 is 11.2. The van der Waals surface area contributed by atoms with Gasteiger partial charge in [-0.1, -0.05) is 23.4 Å². The Balaban J connectivity index is 0.941. The second-order valence-electron chi connectivity index (χ2n) is 14.4. The van der Waals surface area contributed by atoms with Crippen LogP contribution in [-0.4, -0.2) is 59.5 Å². The molecule has 12 nitrogen and oxygen atoms in total. The van der Waals surface area contributed by atoms with Gasteiger partial charge in [0, 0.05) is 78.3 Å². The molecule has 1 atom stereocenters.